The molecule has 0 spiro atoms. The number of hydrogen-bond donors (Lipinski definition) is 1. The smallest absolute Gasteiger partial charge is 0.293 e. The molecule has 152 valence electrons. The Hall–Kier alpha value is -3.20. The first-order chi connectivity index (χ1) is 14.1. The number of hydrogen-bond acceptors (Lipinski definition) is 7. The van der Waals surface area contributed by atoms with Crippen LogP contribution < -0.4 is 15.1 Å². The zero-order valence-corrected chi connectivity index (χ0v) is 16.0. The van der Waals surface area contributed by atoms with Crippen molar-refractivity contribution >= 4 is 28.8 Å². The number of nitrogens with one attached hydrogen (secondary N) is 1. The molecule has 1 amide bonds. The Morgan fingerprint density at radius 3 is 2.48 bits per heavy atom. The van der Waals surface area contributed by atoms with Crippen LogP contribution in [0.4, 0.5) is 22.9 Å². The van der Waals surface area contributed by atoms with Crippen molar-refractivity contribution in [2.75, 3.05) is 54.5 Å². The Bertz CT molecular complexity index is 890. The molecule has 3 heterocycles. The number of morpholine rings is 1. The molecular formula is C20H23N5O4. The van der Waals surface area contributed by atoms with Crippen LogP contribution in [0.15, 0.2) is 36.5 Å². The van der Waals surface area contributed by atoms with E-state index in [0.29, 0.717) is 37.7 Å². The largest absolute Gasteiger partial charge is 0.378 e. The minimum atomic E-state index is -0.450. The third-order valence-electron chi connectivity index (χ3n) is 5.22. The van der Waals surface area contributed by atoms with Gasteiger partial charge in [0.05, 0.1) is 30.0 Å². The number of nitrogens with zero attached hydrogens (tertiary/aromatic N) is 4. The van der Waals surface area contributed by atoms with E-state index in [9.17, 15) is 14.9 Å². The lowest BCUT2D eigenvalue weighted by molar-refractivity contribution is -0.384. The highest BCUT2D eigenvalue weighted by atomic mass is 16.6. The van der Waals surface area contributed by atoms with Crippen LogP contribution in [0, 0.1) is 10.1 Å². The number of nitro groups is 1. The first kappa shape index (κ1) is 19.1. The first-order valence-electron chi connectivity index (χ1n) is 9.75. The highest BCUT2D eigenvalue weighted by Crippen LogP contribution is 2.30. The van der Waals surface area contributed by atoms with E-state index in [1.165, 1.54) is 18.9 Å². The molecule has 0 atom stereocenters. The van der Waals surface area contributed by atoms with E-state index in [2.05, 4.69) is 15.2 Å². The summed E-state index contributed by atoms with van der Waals surface area (Å²) in [6.07, 6.45) is 3.95. The molecule has 1 aromatic carbocycles. The van der Waals surface area contributed by atoms with Gasteiger partial charge in [-0.1, -0.05) is 0 Å². The van der Waals surface area contributed by atoms with Gasteiger partial charge in [-0.2, -0.15) is 0 Å². The highest BCUT2D eigenvalue weighted by Gasteiger charge is 2.23. The molecule has 0 aliphatic carbocycles. The van der Waals surface area contributed by atoms with E-state index >= 15 is 0 Å². The second kappa shape index (κ2) is 8.44. The molecule has 2 aliphatic rings. The zero-order valence-electron chi connectivity index (χ0n) is 16.0. The van der Waals surface area contributed by atoms with Crippen molar-refractivity contribution in [2.24, 2.45) is 0 Å². The van der Waals surface area contributed by atoms with Crippen molar-refractivity contribution in [2.45, 2.75) is 12.8 Å². The van der Waals surface area contributed by atoms with Gasteiger partial charge in [0.1, 0.15) is 11.5 Å². The van der Waals surface area contributed by atoms with Gasteiger partial charge in [0.2, 0.25) is 0 Å². The van der Waals surface area contributed by atoms with Gasteiger partial charge in [0.15, 0.2) is 0 Å². The number of amides is 1. The molecule has 9 nitrogen and oxygen atoms in total. The molecule has 0 bridgehead atoms. The lowest BCUT2D eigenvalue weighted by atomic mass is 10.1. The fourth-order valence-electron chi connectivity index (χ4n) is 3.68. The van der Waals surface area contributed by atoms with Crippen molar-refractivity contribution in [1.82, 2.24) is 4.98 Å². The van der Waals surface area contributed by atoms with Gasteiger partial charge < -0.3 is 19.9 Å². The van der Waals surface area contributed by atoms with Gasteiger partial charge in [-0.3, -0.25) is 14.9 Å². The number of aromatic nitrogens is 1. The molecule has 4 rings (SSSR count). The Kier molecular flexibility index (Phi) is 5.57. The number of anilines is 3. The minimum absolute atomic E-state index is 0.0814. The molecule has 2 fully saturated rings. The predicted molar refractivity (Wildman–Crippen MR) is 110 cm³/mol. The number of benzene rings is 1. The van der Waals surface area contributed by atoms with Crippen LogP contribution in [0.3, 0.4) is 0 Å². The summed E-state index contributed by atoms with van der Waals surface area (Å²) in [5, 5.41) is 14.3. The van der Waals surface area contributed by atoms with Crippen LogP contribution in [0.5, 0.6) is 0 Å². The molecular weight excluding hydrogens is 374 g/mol. The van der Waals surface area contributed by atoms with E-state index in [1.807, 2.05) is 11.0 Å². The van der Waals surface area contributed by atoms with E-state index in [4.69, 9.17) is 4.74 Å². The van der Waals surface area contributed by atoms with Crippen LogP contribution in [-0.4, -0.2) is 55.2 Å². The van der Waals surface area contributed by atoms with Crippen molar-refractivity contribution in [3.05, 3.63) is 52.2 Å². The van der Waals surface area contributed by atoms with Gasteiger partial charge in [-0.15, -0.1) is 0 Å². The Labute approximate surface area is 168 Å². The van der Waals surface area contributed by atoms with Crippen LogP contribution >= 0.6 is 0 Å². The number of carbonyl (C=O) groups excluding carboxylic acids is 1. The maximum absolute atomic E-state index is 12.6. The van der Waals surface area contributed by atoms with Crippen LogP contribution in [0.25, 0.3) is 0 Å². The van der Waals surface area contributed by atoms with Gasteiger partial charge in [-0.05, 0) is 37.1 Å². The maximum Gasteiger partial charge on any atom is 0.293 e. The summed E-state index contributed by atoms with van der Waals surface area (Å²) in [5.74, 6) is 0.489. The molecule has 2 aromatic rings. The number of nitro benzene ring substituents is 1. The average Bonchev–Trinajstić information content (AvgIpc) is 3.29. The fraction of sp³-hybridized carbons (Fsp3) is 0.400. The Balaban J connectivity index is 1.49. The van der Waals surface area contributed by atoms with Gasteiger partial charge >= 0.3 is 0 Å². The molecule has 1 N–H and O–H groups in total. The maximum atomic E-state index is 12.6. The standard InChI is InChI=1S/C20H23N5O4/c26-20(22-16-4-6-19(21-14-16)24-7-1-2-8-24)15-3-5-17(18(13-15)25(27)28)23-9-11-29-12-10-23/h3-6,13-14H,1-2,7-12H2,(H,22,26). The van der Waals surface area contributed by atoms with Crippen LogP contribution in [-0.2, 0) is 4.74 Å². The van der Waals surface area contributed by atoms with Crippen LogP contribution in [0.2, 0.25) is 0 Å². The topological polar surface area (TPSA) is 101 Å². The summed E-state index contributed by atoms with van der Waals surface area (Å²) in [7, 11) is 0. The number of ether oxygens (including phenoxy) is 1. The molecule has 2 aliphatic heterocycles. The lowest BCUT2D eigenvalue weighted by Crippen LogP contribution is -2.36. The van der Waals surface area contributed by atoms with Crippen molar-refractivity contribution in [3.63, 3.8) is 0 Å². The summed E-state index contributed by atoms with van der Waals surface area (Å²) < 4.78 is 5.31. The van der Waals surface area contributed by atoms with Crippen LogP contribution in [0.1, 0.15) is 23.2 Å². The molecule has 29 heavy (non-hydrogen) atoms. The fourth-order valence-corrected chi connectivity index (χ4v) is 3.68. The highest BCUT2D eigenvalue weighted by molar-refractivity contribution is 6.05. The number of pyridine rings is 1. The van der Waals surface area contributed by atoms with Gasteiger partial charge in [-0.25, -0.2) is 4.98 Å². The molecule has 2 saturated heterocycles. The third-order valence-corrected chi connectivity index (χ3v) is 5.22. The second-order valence-electron chi connectivity index (χ2n) is 7.11. The first-order valence-corrected chi connectivity index (χ1v) is 9.75. The van der Waals surface area contributed by atoms with Crippen molar-refractivity contribution in [1.29, 1.82) is 0 Å². The normalized spacial score (nSPS) is 16.7. The minimum Gasteiger partial charge on any atom is -0.378 e. The van der Waals surface area contributed by atoms with Crippen molar-refractivity contribution < 1.29 is 14.5 Å². The van der Waals surface area contributed by atoms with E-state index in [0.717, 1.165) is 18.9 Å². The summed E-state index contributed by atoms with van der Waals surface area (Å²) >= 11 is 0. The Morgan fingerprint density at radius 1 is 1.07 bits per heavy atom. The predicted octanol–water partition coefficient (Wildman–Crippen LogP) is 2.68. The molecule has 1 aromatic heterocycles. The molecule has 9 heteroatoms. The lowest BCUT2D eigenvalue weighted by Gasteiger charge is -2.28. The number of carbonyl (C=O) groups is 1. The summed E-state index contributed by atoms with van der Waals surface area (Å²) in [5.41, 5.74) is 1.21. The average molecular weight is 397 g/mol. The number of rotatable bonds is 5. The molecule has 0 radical (unpaired) electrons. The monoisotopic (exact) mass is 397 g/mol. The summed E-state index contributed by atoms with van der Waals surface area (Å²) in [4.78, 5) is 32.3. The summed E-state index contributed by atoms with van der Waals surface area (Å²) in [6.45, 7) is 4.22. The quantitative estimate of drug-likeness (QED) is 0.611. The van der Waals surface area contributed by atoms with E-state index in [-0.39, 0.29) is 11.3 Å². The zero-order chi connectivity index (χ0) is 20.2. The van der Waals surface area contributed by atoms with E-state index in [1.54, 1.807) is 24.4 Å². The third kappa shape index (κ3) is 4.29. The van der Waals surface area contributed by atoms with Gasteiger partial charge in [0, 0.05) is 37.8 Å². The molecule has 0 saturated carbocycles. The second-order valence-corrected chi connectivity index (χ2v) is 7.11. The van der Waals surface area contributed by atoms with Crippen molar-refractivity contribution in [3.8, 4) is 0 Å². The molecule has 0 unspecified atom stereocenters. The SMILES string of the molecule is O=C(Nc1ccc(N2CCCC2)nc1)c1ccc(N2CCOCC2)c([N+](=O)[O-])c1. The summed E-state index contributed by atoms with van der Waals surface area (Å²) in [6, 6.07) is 8.25. The van der Waals surface area contributed by atoms with E-state index < -0.39 is 10.8 Å². The Morgan fingerprint density at radius 2 is 1.83 bits per heavy atom. The van der Waals surface area contributed by atoms with Gasteiger partial charge in [0.25, 0.3) is 11.6 Å².